The van der Waals surface area contributed by atoms with E-state index in [0.717, 1.165) is 6.08 Å². The Hall–Kier alpha value is -0.460. The number of imide groups is 1. The summed E-state index contributed by atoms with van der Waals surface area (Å²) < 4.78 is 8.05. The van der Waals surface area contributed by atoms with Gasteiger partial charge in [0.15, 0.2) is 11.9 Å². The van der Waals surface area contributed by atoms with E-state index in [1.54, 1.807) is 0 Å². The number of hydrogen-bond donors (Lipinski definition) is 0. The van der Waals surface area contributed by atoms with Gasteiger partial charge in [0, 0.05) is 5.10 Å². The molecule has 0 rings (SSSR count). The third-order valence-corrected chi connectivity index (χ3v) is 1.92. The fraction of sp³-hybridized carbons (Fsp3) is 0.250. The molecule has 0 aromatic heterocycles. The molecule has 0 heterocycles. The van der Waals surface area contributed by atoms with Crippen molar-refractivity contribution in [1.82, 2.24) is 0 Å². The van der Waals surface area contributed by atoms with Gasteiger partial charge in [0.05, 0.1) is 0 Å². The Morgan fingerprint density at radius 2 is 1.92 bits per heavy atom. The van der Waals surface area contributed by atoms with Crippen molar-refractivity contribution in [2.45, 2.75) is 3.92 Å². The number of halogens is 3. The van der Waals surface area contributed by atoms with Crippen LogP contribution < -0.4 is 0 Å². The number of isocyanates is 1. The van der Waals surface area contributed by atoms with Crippen LogP contribution >= 0.6 is 35.1 Å². The van der Waals surface area contributed by atoms with Gasteiger partial charge in [0.25, 0.3) is 6.08 Å². The molecule has 0 bridgehead atoms. The van der Waals surface area contributed by atoms with Gasteiger partial charge in [-0.25, -0.2) is 14.4 Å². The van der Waals surface area contributed by atoms with Crippen molar-refractivity contribution in [2.75, 3.05) is 0 Å². The summed E-state index contributed by atoms with van der Waals surface area (Å²) in [5.41, 5.74) is 0. The summed E-state index contributed by atoms with van der Waals surface area (Å²) in [5.74, 6) is 0. The monoisotopic (exact) mass is 247 g/mol. The standard InChI is InChI=1S/C4H2Cl2FN2O3S/c5-4(6,7)13-9(2-11,3-12)8-1-10/h2-3H/q+1. The first-order valence-corrected chi connectivity index (χ1v) is 4.10. The van der Waals surface area contributed by atoms with E-state index in [2.05, 4.69) is 5.10 Å². The minimum Gasteiger partial charge on any atom is -0.229 e. The van der Waals surface area contributed by atoms with Gasteiger partial charge in [0.2, 0.25) is 0 Å². The lowest BCUT2D eigenvalue weighted by Crippen LogP contribution is -2.34. The van der Waals surface area contributed by atoms with Crippen LogP contribution in [0.2, 0.25) is 0 Å². The van der Waals surface area contributed by atoms with E-state index < -0.39 is 7.92 Å². The van der Waals surface area contributed by atoms with Gasteiger partial charge < -0.3 is 0 Å². The summed E-state index contributed by atoms with van der Waals surface area (Å²) >= 11 is 9.51. The molecule has 9 heteroatoms. The van der Waals surface area contributed by atoms with E-state index in [1.807, 2.05) is 0 Å². The average Bonchev–Trinajstić information content (AvgIpc) is 2.01. The van der Waals surface area contributed by atoms with Gasteiger partial charge in [-0.15, -0.1) is 0 Å². The highest BCUT2D eigenvalue weighted by atomic mass is 35.5. The first kappa shape index (κ1) is 12.5. The van der Waals surface area contributed by atoms with Gasteiger partial charge in [-0.3, -0.25) is 0 Å². The molecule has 0 spiro atoms. The second-order valence-corrected chi connectivity index (χ2v) is 4.62. The van der Waals surface area contributed by atoms with E-state index in [-0.39, 0.29) is 24.8 Å². The van der Waals surface area contributed by atoms with Gasteiger partial charge >= 0.3 is 16.7 Å². The number of carbonyl (C=O) groups excluding carboxylic acids is 3. The van der Waals surface area contributed by atoms with Crippen LogP contribution in [0.1, 0.15) is 0 Å². The SMILES string of the molecule is O=C=N[N+](C=O)(C=O)SC(F)(Cl)Cl. The van der Waals surface area contributed by atoms with Crippen molar-refractivity contribution >= 4 is 54.0 Å². The van der Waals surface area contributed by atoms with Crippen molar-refractivity contribution in [3.8, 4) is 0 Å². The summed E-state index contributed by atoms with van der Waals surface area (Å²) in [4.78, 5) is 30.4. The van der Waals surface area contributed by atoms with Crippen LogP contribution in [0.25, 0.3) is 0 Å². The molecule has 0 N–H and O–H groups in total. The fourth-order valence-electron chi connectivity index (χ4n) is 0.365. The van der Waals surface area contributed by atoms with Crippen molar-refractivity contribution in [2.24, 2.45) is 5.10 Å². The van der Waals surface area contributed by atoms with Crippen LogP contribution in [-0.2, 0) is 14.4 Å². The zero-order valence-corrected chi connectivity index (χ0v) is 8.14. The average molecular weight is 248 g/mol. The third kappa shape index (κ3) is 4.35. The molecule has 13 heavy (non-hydrogen) atoms. The number of quaternary nitrogens is 1. The molecule has 0 atom stereocenters. The molecular weight excluding hydrogens is 246 g/mol. The number of amides is 2. The normalized spacial score (nSPS) is 11.6. The number of nitrogens with zero attached hydrogens (tertiary/aromatic N) is 2. The van der Waals surface area contributed by atoms with E-state index in [4.69, 9.17) is 23.2 Å². The largest absolute Gasteiger partial charge is 0.360 e. The molecule has 0 aliphatic heterocycles. The molecular formula is C4H2Cl2FN2O3S+. The Balaban J connectivity index is 4.88. The Bertz CT molecular complexity index is 255. The van der Waals surface area contributed by atoms with Crippen molar-refractivity contribution < 1.29 is 22.8 Å². The molecule has 0 unspecified atom stereocenters. The van der Waals surface area contributed by atoms with Crippen LogP contribution in [0.5, 0.6) is 0 Å². The highest BCUT2D eigenvalue weighted by Crippen LogP contribution is 2.41. The summed E-state index contributed by atoms with van der Waals surface area (Å²) in [6.45, 7) is 0. The van der Waals surface area contributed by atoms with Gasteiger partial charge in [-0.2, -0.15) is 4.39 Å². The lowest BCUT2D eigenvalue weighted by molar-refractivity contribution is -0.620. The fourth-order valence-corrected chi connectivity index (χ4v) is 1.52. The van der Waals surface area contributed by atoms with Gasteiger partial charge in [0.1, 0.15) is 0 Å². The molecule has 0 radical (unpaired) electrons. The van der Waals surface area contributed by atoms with Crippen molar-refractivity contribution in [3.63, 3.8) is 0 Å². The van der Waals surface area contributed by atoms with Gasteiger partial charge in [-0.1, -0.05) is 0 Å². The second-order valence-electron chi connectivity index (χ2n) is 1.61. The highest BCUT2D eigenvalue weighted by molar-refractivity contribution is 7.98. The maximum absolute atomic E-state index is 12.6. The number of carbonyl (C=O) groups is 2. The van der Waals surface area contributed by atoms with Crippen LogP contribution in [0.15, 0.2) is 5.10 Å². The molecule has 0 aliphatic rings. The number of alkyl halides is 3. The molecule has 0 saturated heterocycles. The first-order valence-electron chi connectivity index (χ1n) is 2.57. The van der Waals surface area contributed by atoms with Crippen molar-refractivity contribution in [1.29, 1.82) is 0 Å². The minimum absolute atomic E-state index is 0.123. The smallest absolute Gasteiger partial charge is 0.229 e. The Morgan fingerprint density at radius 3 is 2.15 bits per heavy atom. The molecule has 0 fully saturated rings. The number of hydrogen-bond acceptors (Lipinski definition) is 5. The predicted octanol–water partition coefficient (Wildman–Crippen LogP) is 1.07. The van der Waals surface area contributed by atoms with Crippen LogP contribution in [0.4, 0.5) is 4.39 Å². The molecule has 0 aliphatic carbocycles. The van der Waals surface area contributed by atoms with Crippen LogP contribution in [0.3, 0.4) is 0 Å². The van der Waals surface area contributed by atoms with Crippen LogP contribution in [-0.4, -0.2) is 26.8 Å². The Morgan fingerprint density at radius 1 is 1.46 bits per heavy atom. The zero-order chi connectivity index (χ0) is 10.5. The lowest BCUT2D eigenvalue weighted by Gasteiger charge is -2.14. The minimum atomic E-state index is -2.91. The maximum atomic E-state index is 12.6. The first-order chi connectivity index (χ1) is 5.89. The lowest BCUT2D eigenvalue weighted by atomic mass is 11.1. The predicted molar refractivity (Wildman–Crippen MR) is 43.6 cm³/mol. The van der Waals surface area contributed by atoms with E-state index in [9.17, 15) is 18.8 Å². The summed E-state index contributed by atoms with van der Waals surface area (Å²) in [5, 5.41) is 2.73. The molecule has 0 saturated carbocycles. The Labute approximate surface area is 86.2 Å². The molecule has 72 valence electrons. The van der Waals surface area contributed by atoms with E-state index >= 15 is 0 Å². The van der Waals surface area contributed by atoms with Crippen LogP contribution in [0, 0.1) is 0 Å². The number of rotatable bonds is 5. The van der Waals surface area contributed by atoms with Crippen molar-refractivity contribution in [3.05, 3.63) is 0 Å². The summed E-state index contributed by atoms with van der Waals surface area (Å²) in [6, 6.07) is 0. The quantitative estimate of drug-likeness (QED) is 0.139. The topological polar surface area (TPSA) is 63.6 Å². The second kappa shape index (κ2) is 4.69. The summed E-state index contributed by atoms with van der Waals surface area (Å²) in [7, 11) is 0. The Kier molecular flexibility index (Phi) is 4.52. The summed E-state index contributed by atoms with van der Waals surface area (Å²) in [6.07, 6.45) is 0.666. The third-order valence-electron chi connectivity index (χ3n) is 0.749. The van der Waals surface area contributed by atoms with E-state index in [1.165, 1.54) is 0 Å². The maximum Gasteiger partial charge on any atom is 0.360 e. The van der Waals surface area contributed by atoms with E-state index in [0.29, 0.717) is 0 Å². The zero-order valence-electron chi connectivity index (χ0n) is 5.82. The highest BCUT2D eigenvalue weighted by Gasteiger charge is 2.44. The molecule has 2 amide bonds. The van der Waals surface area contributed by atoms with Gasteiger partial charge in [-0.05, 0) is 27.2 Å². The molecule has 5 nitrogen and oxygen atoms in total. The molecule has 0 aromatic rings. The molecule has 0 aromatic carbocycles.